The number of carbonyl (C=O) groups is 1. The Morgan fingerprint density at radius 2 is 2.17 bits per heavy atom. The van der Waals surface area contributed by atoms with Crippen LogP contribution in [0.2, 0.25) is 0 Å². The van der Waals surface area contributed by atoms with Crippen LogP contribution in [-0.4, -0.2) is 35.4 Å². The van der Waals surface area contributed by atoms with Crippen molar-refractivity contribution >= 4 is 22.9 Å². The summed E-state index contributed by atoms with van der Waals surface area (Å²) < 4.78 is 0. The van der Waals surface area contributed by atoms with Gasteiger partial charge in [-0.3, -0.25) is 14.7 Å². The van der Waals surface area contributed by atoms with Crippen molar-refractivity contribution in [3.05, 3.63) is 46.9 Å². The predicted molar refractivity (Wildman–Crippen MR) is 92.5 cm³/mol. The molecule has 4 nitrogen and oxygen atoms in total. The molecule has 120 valence electrons. The zero-order chi connectivity index (χ0) is 15.7. The van der Waals surface area contributed by atoms with Crippen LogP contribution in [0.25, 0.3) is 0 Å². The van der Waals surface area contributed by atoms with Crippen molar-refractivity contribution < 1.29 is 4.79 Å². The van der Waals surface area contributed by atoms with Crippen LogP contribution in [0.3, 0.4) is 0 Å². The Kier molecular flexibility index (Phi) is 3.91. The predicted octanol–water partition coefficient (Wildman–Crippen LogP) is 3.16. The van der Waals surface area contributed by atoms with Crippen LogP contribution in [0.1, 0.15) is 25.0 Å². The quantitative estimate of drug-likeness (QED) is 0.869. The van der Waals surface area contributed by atoms with E-state index in [0.29, 0.717) is 5.91 Å². The van der Waals surface area contributed by atoms with E-state index in [-0.39, 0.29) is 5.41 Å². The van der Waals surface area contributed by atoms with E-state index in [1.165, 1.54) is 0 Å². The monoisotopic (exact) mass is 327 g/mol. The van der Waals surface area contributed by atoms with Crippen LogP contribution < -0.4 is 4.90 Å². The summed E-state index contributed by atoms with van der Waals surface area (Å²) in [5.41, 5.74) is 1.97. The van der Waals surface area contributed by atoms with Gasteiger partial charge in [-0.1, -0.05) is 6.07 Å². The van der Waals surface area contributed by atoms with Crippen LogP contribution in [0.15, 0.2) is 41.2 Å². The molecule has 0 aromatic carbocycles. The zero-order valence-corrected chi connectivity index (χ0v) is 14.0. The smallest absolute Gasteiger partial charge is 0.234 e. The number of hydrogen-bond acceptors (Lipinski definition) is 4. The van der Waals surface area contributed by atoms with Crippen molar-refractivity contribution in [2.24, 2.45) is 5.41 Å². The third-order valence-electron chi connectivity index (χ3n) is 5.10. The number of aromatic nitrogens is 1. The molecular formula is C18H21N3OS. The second-order valence-electron chi connectivity index (χ2n) is 6.60. The number of piperidine rings is 1. The number of likely N-dealkylation sites (tertiary alicyclic amines) is 1. The van der Waals surface area contributed by atoms with Gasteiger partial charge in [0.25, 0.3) is 0 Å². The average molecular weight is 327 g/mol. The van der Waals surface area contributed by atoms with E-state index < -0.39 is 0 Å². The third kappa shape index (κ3) is 2.79. The lowest BCUT2D eigenvalue weighted by atomic mass is 9.78. The molecule has 0 saturated carbocycles. The number of anilines is 1. The highest BCUT2D eigenvalue weighted by molar-refractivity contribution is 7.08. The molecule has 1 spiro atoms. The van der Waals surface area contributed by atoms with Crippen molar-refractivity contribution in [3.8, 4) is 0 Å². The summed E-state index contributed by atoms with van der Waals surface area (Å²) in [5, 5.41) is 4.12. The molecule has 2 saturated heterocycles. The van der Waals surface area contributed by atoms with Crippen molar-refractivity contribution in [1.82, 2.24) is 9.88 Å². The van der Waals surface area contributed by atoms with Crippen molar-refractivity contribution in [2.45, 2.75) is 25.8 Å². The first-order valence-electron chi connectivity index (χ1n) is 8.23. The molecule has 1 atom stereocenters. The lowest BCUT2D eigenvalue weighted by Gasteiger charge is -2.38. The molecule has 2 aliphatic heterocycles. The highest BCUT2D eigenvalue weighted by atomic mass is 32.1. The Bertz CT molecular complexity index is 673. The van der Waals surface area contributed by atoms with Gasteiger partial charge in [0.2, 0.25) is 5.91 Å². The molecule has 5 heteroatoms. The summed E-state index contributed by atoms with van der Waals surface area (Å²) in [5.74, 6) is 0.321. The topological polar surface area (TPSA) is 36.4 Å². The van der Waals surface area contributed by atoms with Crippen LogP contribution in [-0.2, 0) is 11.3 Å². The van der Waals surface area contributed by atoms with Gasteiger partial charge in [-0.15, -0.1) is 0 Å². The molecular weight excluding hydrogens is 306 g/mol. The lowest BCUT2D eigenvalue weighted by Crippen LogP contribution is -2.47. The van der Waals surface area contributed by atoms with Gasteiger partial charge in [0.15, 0.2) is 0 Å². The van der Waals surface area contributed by atoms with Gasteiger partial charge in [0.1, 0.15) is 0 Å². The molecule has 0 radical (unpaired) electrons. The first-order chi connectivity index (χ1) is 11.3. The van der Waals surface area contributed by atoms with E-state index >= 15 is 0 Å². The van der Waals surface area contributed by atoms with Gasteiger partial charge in [-0.05, 0) is 49.4 Å². The fraction of sp³-hybridized carbons (Fsp3) is 0.444. The average Bonchev–Trinajstić information content (AvgIpc) is 3.19. The van der Waals surface area contributed by atoms with Gasteiger partial charge >= 0.3 is 0 Å². The largest absolute Gasteiger partial charge is 0.311 e. The number of thiophene rings is 1. The van der Waals surface area contributed by atoms with Crippen molar-refractivity contribution in [3.63, 3.8) is 0 Å². The standard InChI is InChI=1S/C18H21N3OS/c22-17-18(7-10-21(17)16-5-11-23-13-16)6-3-9-20(14-18)12-15-4-1-2-8-19-15/h1-2,4-5,8,11,13H,3,6-7,9-10,12,14H2. The van der Waals surface area contributed by atoms with E-state index in [2.05, 4.69) is 27.4 Å². The molecule has 23 heavy (non-hydrogen) atoms. The molecule has 2 aromatic rings. The molecule has 1 unspecified atom stereocenters. The minimum Gasteiger partial charge on any atom is -0.311 e. The molecule has 4 rings (SSSR count). The van der Waals surface area contributed by atoms with Gasteiger partial charge in [0, 0.05) is 31.2 Å². The zero-order valence-electron chi connectivity index (χ0n) is 13.1. The Morgan fingerprint density at radius 1 is 1.22 bits per heavy atom. The van der Waals surface area contributed by atoms with Gasteiger partial charge in [-0.25, -0.2) is 0 Å². The maximum atomic E-state index is 13.1. The summed E-state index contributed by atoms with van der Waals surface area (Å²) in [6.07, 6.45) is 4.93. The number of amides is 1. The highest BCUT2D eigenvalue weighted by Gasteiger charge is 2.49. The maximum absolute atomic E-state index is 13.1. The fourth-order valence-corrected chi connectivity index (χ4v) is 4.58. The molecule has 2 fully saturated rings. The van der Waals surface area contributed by atoms with E-state index in [1.54, 1.807) is 11.3 Å². The number of nitrogens with zero attached hydrogens (tertiary/aromatic N) is 3. The van der Waals surface area contributed by atoms with Crippen LogP contribution in [0, 0.1) is 5.41 Å². The molecule has 1 amide bonds. The number of hydrogen-bond donors (Lipinski definition) is 0. The lowest BCUT2D eigenvalue weighted by molar-refractivity contribution is -0.128. The van der Waals surface area contributed by atoms with Gasteiger partial charge in [-0.2, -0.15) is 11.3 Å². The van der Waals surface area contributed by atoms with Gasteiger partial charge in [0.05, 0.1) is 16.8 Å². The summed E-state index contributed by atoms with van der Waals surface area (Å²) >= 11 is 1.65. The van der Waals surface area contributed by atoms with E-state index in [1.807, 2.05) is 28.6 Å². The summed E-state index contributed by atoms with van der Waals surface area (Å²) in [6, 6.07) is 8.09. The SMILES string of the molecule is O=C1N(c2ccsc2)CCC12CCCN(Cc1ccccn1)C2. The maximum Gasteiger partial charge on any atom is 0.234 e. The third-order valence-corrected chi connectivity index (χ3v) is 5.77. The van der Waals surface area contributed by atoms with Crippen LogP contribution in [0.5, 0.6) is 0 Å². The molecule has 0 aliphatic carbocycles. The summed E-state index contributed by atoms with van der Waals surface area (Å²) in [7, 11) is 0. The van der Waals surface area contributed by atoms with Crippen molar-refractivity contribution in [2.75, 3.05) is 24.5 Å². The fourth-order valence-electron chi connectivity index (χ4n) is 3.94. The first kappa shape index (κ1) is 14.8. The minimum absolute atomic E-state index is 0.186. The number of pyridine rings is 1. The van der Waals surface area contributed by atoms with E-state index in [4.69, 9.17) is 0 Å². The van der Waals surface area contributed by atoms with Gasteiger partial charge < -0.3 is 4.90 Å². The van der Waals surface area contributed by atoms with Crippen molar-refractivity contribution in [1.29, 1.82) is 0 Å². The van der Waals surface area contributed by atoms with Crippen LogP contribution >= 0.6 is 11.3 Å². The minimum atomic E-state index is -0.186. The Balaban J connectivity index is 1.49. The summed E-state index contributed by atoms with van der Waals surface area (Å²) in [4.78, 5) is 21.9. The Labute approximate surface area is 140 Å². The number of rotatable bonds is 3. The Morgan fingerprint density at radius 3 is 2.96 bits per heavy atom. The molecule has 4 heterocycles. The van der Waals surface area contributed by atoms with E-state index in [0.717, 1.165) is 56.8 Å². The number of carbonyl (C=O) groups excluding carboxylic acids is 1. The molecule has 0 bridgehead atoms. The Hall–Kier alpha value is -1.72. The molecule has 0 N–H and O–H groups in total. The molecule has 2 aliphatic rings. The normalized spacial score (nSPS) is 25.4. The second kappa shape index (κ2) is 6.06. The first-order valence-corrected chi connectivity index (χ1v) is 9.18. The molecule has 2 aromatic heterocycles. The second-order valence-corrected chi connectivity index (χ2v) is 7.38. The van der Waals surface area contributed by atoms with E-state index in [9.17, 15) is 4.79 Å². The van der Waals surface area contributed by atoms with Crippen LogP contribution in [0.4, 0.5) is 5.69 Å². The highest BCUT2D eigenvalue weighted by Crippen LogP contribution is 2.42. The summed E-state index contributed by atoms with van der Waals surface area (Å²) in [6.45, 7) is 3.62.